The predicted octanol–water partition coefficient (Wildman–Crippen LogP) is 3.60. The highest BCUT2D eigenvalue weighted by Crippen LogP contribution is 2.33. The van der Waals surface area contributed by atoms with Gasteiger partial charge in [0.15, 0.2) is 0 Å². The van der Waals surface area contributed by atoms with Crippen LogP contribution < -0.4 is 9.03 Å². The largest absolute Gasteiger partial charge is 0.280 e. The van der Waals surface area contributed by atoms with Gasteiger partial charge in [-0.05, 0) is 68.0 Å². The van der Waals surface area contributed by atoms with Crippen LogP contribution in [0.15, 0.2) is 41.3 Å². The molecular formula is C20H26N2O4S2. The summed E-state index contributed by atoms with van der Waals surface area (Å²) in [4.78, 5) is 0.223. The van der Waals surface area contributed by atoms with Crippen molar-refractivity contribution < 1.29 is 16.8 Å². The normalized spacial score (nSPS) is 14.6. The molecule has 28 heavy (non-hydrogen) atoms. The number of anilines is 2. The maximum Gasteiger partial charge on any atom is 0.262 e. The summed E-state index contributed by atoms with van der Waals surface area (Å²) in [6.45, 7) is 5.84. The molecule has 1 aliphatic heterocycles. The van der Waals surface area contributed by atoms with Crippen LogP contribution >= 0.6 is 0 Å². The second-order valence-corrected chi connectivity index (χ2v) is 10.9. The zero-order valence-electron chi connectivity index (χ0n) is 16.4. The van der Waals surface area contributed by atoms with Gasteiger partial charge in [0, 0.05) is 6.54 Å². The van der Waals surface area contributed by atoms with Gasteiger partial charge in [-0.1, -0.05) is 25.1 Å². The maximum atomic E-state index is 12.9. The number of nitrogens with one attached hydrogen (secondary N) is 1. The van der Waals surface area contributed by atoms with Gasteiger partial charge in [-0.2, -0.15) is 0 Å². The Kier molecular flexibility index (Phi) is 5.72. The quantitative estimate of drug-likeness (QED) is 0.771. The van der Waals surface area contributed by atoms with Gasteiger partial charge in [0.2, 0.25) is 10.0 Å². The second-order valence-electron chi connectivity index (χ2n) is 7.21. The molecule has 3 rings (SSSR count). The minimum atomic E-state index is -3.77. The van der Waals surface area contributed by atoms with E-state index in [2.05, 4.69) is 4.72 Å². The lowest BCUT2D eigenvalue weighted by Crippen LogP contribution is -2.37. The van der Waals surface area contributed by atoms with Gasteiger partial charge < -0.3 is 0 Å². The second kappa shape index (κ2) is 7.75. The molecule has 0 fully saturated rings. The summed E-state index contributed by atoms with van der Waals surface area (Å²) in [5, 5.41) is 0. The van der Waals surface area contributed by atoms with Gasteiger partial charge in [-0.15, -0.1) is 0 Å². The molecule has 1 heterocycles. The van der Waals surface area contributed by atoms with Crippen LogP contribution in [0.4, 0.5) is 11.4 Å². The summed E-state index contributed by atoms with van der Waals surface area (Å²) in [6.07, 6.45) is 2.06. The highest BCUT2D eigenvalue weighted by atomic mass is 32.2. The van der Waals surface area contributed by atoms with Crippen molar-refractivity contribution in [2.45, 2.75) is 44.9 Å². The average Bonchev–Trinajstić information content (AvgIpc) is 2.62. The molecule has 152 valence electrons. The van der Waals surface area contributed by atoms with E-state index in [1.54, 1.807) is 31.2 Å². The zero-order chi connectivity index (χ0) is 20.5. The fourth-order valence-electron chi connectivity index (χ4n) is 3.47. The zero-order valence-corrected chi connectivity index (χ0v) is 18.0. The van der Waals surface area contributed by atoms with Gasteiger partial charge in [-0.3, -0.25) is 9.03 Å². The standard InChI is InChI=1S/C20H26N2O4S2/c1-4-12-27(23,24)22-11-5-6-17-9-10-18(14-19(17)22)21-28(25,26)20-13-15(2)7-8-16(20)3/h7-10,13-14,21H,4-6,11-12H2,1-3H3. The van der Waals surface area contributed by atoms with Crippen molar-refractivity contribution in [3.05, 3.63) is 53.1 Å². The first-order valence-electron chi connectivity index (χ1n) is 9.37. The van der Waals surface area contributed by atoms with Crippen LogP contribution in [0.5, 0.6) is 0 Å². The highest BCUT2D eigenvalue weighted by Gasteiger charge is 2.27. The summed E-state index contributed by atoms with van der Waals surface area (Å²) >= 11 is 0. The summed E-state index contributed by atoms with van der Waals surface area (Å²) < 4.78 is 55.1. The smallest absolute Gasteiger partial charge is 0.262 e. The molecule has 0 bridgehead atoms. The van der Waals surface area contributed by atoms with Crippen molar-refractivity contribution in [2.24, 2.45) is 0 Å². The van der Waals surface area contributed by atoms with E-state index in [4.69, 9.17) is 0 Å². The molecule has 0 saturated carbocycles. The number of sulfonamides is 2. The van der Waals surface area contributed by atoms with Crippen molar-refractivity contribution in [3.8, 4) is 0 Å². The summed E-state index contributed by atoms with van der Waals surface area (Å²) in [7, 11) is -7.19. The van der Waals surface area contributed by atoms with Crippen LogP contribution in [0.1, 0.15) is 36.5 Å². The molecule has 0 unspecified atom stereocenters. The van der Waals surface area contributed by atoms with Gasteiger partial charge in [-0.25, -0.2) is 16.8 Å². The first-order chi connectivity index (χ1) is 13.1. The van der Waals surface area contributed by atoms with E-state index >= 15 is 0 Å². The molecule has 6 nitrogen and oxygen atoms in total. The molecule has 0 atom stereocenters. The van der Waals surface area contributed by atoms with Crippen LogP contribution in [0.3, 0.4) is 0 Å². The number of nitrogens with zero attached hydrogens (tertiary/aromatic N) is 1. The molecule has 8 heteroatoms. The Bertz CT molecular complexity index is 1090. The van der Waals surface area contributed by atoms with E-state index in [1.807, 2.05) is 26.0 Å². The summed E-state index contributed by atoms with van der Waals surface area (Å²) in [5.74, 6) is 0.0743. The Balaban J connectivity index is 1.98. The third kappa shape index (κ3) is 4.17. The number of fused-ring (bicyclic) bond motifs is 1. The van der Waals surface area contributed by atoms with E-state index in [-0.39, 0.29) is 10.6 Å². The minimum absolute atomic E-state index is 0.0743. The third-order valence-electron chi connectivity index (χ3n) is 4.84. The molecular weight excluding hydrogens is 396 g/mol. The monoisotopic (exact) mass is 422 g/mol. The molecule has 2 aromatic carbocycles. The van der Waals surface area contributed by atoms with Crippen LogP contribution in [0.25, 0.3) is 0 Å². The third-order valence-corrected chi connectivity index (χ3v) is 8.34. The molecule has 1 N–H and O–H groups in total. The van der Waals surface area contributed by atoms with Crippen LogP contribution in [-0.2, 0) is 26.5 Å². The fourth-order valence-corrected chi connectivity index (χ4v) is 6.46. The maximum absolute atomic E-state index is 12.9. The van der Waals surface area contributed by atoms with E-state index in [9.17, 15) is 16.8 Å². The van der Waals surface area contributed by atoms with Gasteiger partial charge in [0.1, 0.15) is 0 Å². The fraction of sp³-hybridized carbons (Fsp3) is 0.400. The number of aryl methyl sites for hydroxylation is 3. The lowest BCUT2D eigenvalue weighted by Gasteiger charge is -2.31. The molecule has 0 radical (unpaired) electrons. The number of rotatable bonds is 6. The lowest BCUT2D eigenvalue weighted by atomic mass is 10.0. The molecule has 0 aliphatic carbocycles. The molecule has 1 aliphatic rings. The van der Waals surface area contributed by atoms with E-state index in [0.29, 0.717) is 29.9 Å². The van der Waals surface area contributed by atoms with Crippen molar-refractivity contribution >= 4 is 31.4 Å². The van der Waals surface area contributed by atoms with E-state index in [0.717, 1.165) is 24.0 Å². The predicted molar refractivity (Wildman–Crippen MR) is 113 cm³/mol. The topological polar surface area (TPSA) is 83.6 Å². The summed E-state index contributed by atoms with van der Waals surface area (Å²) in [6, 6.07) is 10.4. The highest BCUT2D eigenvalue weighted by molar-refractivity contribution is 7.93. The Morgan fingerprint density at radius 3 is 2.50 bits per heavy atom. The Morgan fingerprint density at radius 2 is 1.79 bits per heavy atom. The molecule has 0 saturated heterocycles. The Morgan fingerprint density at radius 1 is 1.04 bits per heavy atom. The minimum Gasteiger partial charge on any atom is -0.280 e. The van der Waals surface area contributed by atoms with Crippen molar-refractivity contribution in [2.75, 3.05) is 21.3 Å². The van der Waals surface area contributed by atoms with Gasteiger partial charge in [0.25, 0.3) is 10.0 Å². The molecule has 0 spiro atoms. The number of benzene rings is 2. The molecule has 2 aromatic rings. The Labute approximate surface area is 167 Å². The number of hydrogen-bond donors (Lipinski definition) is 1. The lowest BCUT2D eigenvalue weighted by molar-refractivity contribution is 0.585. The van der Waals surface area contributed by atoms with E-state index in [1.165, 1.54) is 4.31 Å². The Hall–Kier alpha value is -2.06. The average molecular weight is 423 g/mol. The summed E-state index contributed by atoms with van der Waals surface area (Å²) in [5.41, 5.74) is 3.36. The number of hydrogen-bond acceptors (Lipinski definition) is 4. The first-order valence-corrected chi connectivity index (χ1v) is 12.5. The molecule has 0 aromatic heterocycles. The van der Waals surface area contributed by atoms with E-state index < -0.39 is 20.0 Å². The van der Waals surface area contributed by atoms with Crippen molar-refractivity contribution in [3.63, 3.8) is 0 Å². The van der Waals surface area contributed by atoms with Crippen LogP contribution in [0.2, 0.25) is 0 Å². The van der Waals surface area contributed by atoms with Crippen LogP contribution in [0, 0.1) is 13.8 Å². The van der Waals surface area contributed by atoms with Crippen molar-refractivity contribution in [1.29, 1.82) is 0 Å². The van der Waals surface area contributed by atoms with Gasteiger partial charge >= 0.3 is 0 Å². The SMILES string of the molecule is CCCS(=O)(=O)N1CCCc2ccc(NS(=O)(=O)c3cc(C)ccc3C)cc21. The molecule has 0 amide bonds. The van der Waals surface area contributed by atoms with Gasteiger partial charge in [0.05, 0.1) is 22.0 Å². The van der Waals surface area contributed by atoms with Crippen molar-refractivity contribution in [1.82, 2.24) is 0 Å². The van der Waals surface area contributed by atoms with Crippen LogP contribution in [-0.4, -0.2) is 29.1 Å². The first kappa shape index (κ1) is 20.7.